The van der Waals surface area contributed by atoms with Crippen molar-refractivity contribution in [3.63, 3.8) is 0 Å². The van der Waals surface area contributed by atoms with E-state index in [-0.39, 0.29) is 0 Å². The van der Waals surface area contributed by atoms with Gasteiger partial charge in [-0.1, -0.05) is 13.8 Å². The number of nitrogens with zero attached hydrogens (tertiary/aromatic N) is 1. The van der Waals surface area contributed by atoms with Crippen LogP contribution in [0.2, 0.25) is 0 Å². The third-order valence-corrected chi connectivity index (χ3v) is 1.49. The second-order valence-electron chi connectivity index (χ2n) is 2.99. The molecule has 0 spiro atoms. The van der Waals surface area contributed by atoms with Gasteiger partial charge in [-0.3, -0.25) is 4.79 Å². The number of carboxylic acid groups (broad SMARTS) is 1. The zero-order chi connectivity index (χ0) is 8.85. The fraction of sp³-hybridized carbons (Fsp3) is 0.750. The van der Waals surface area contributed by atoms with E-state index >= 15 is 0 Å². The van der Waals surface area contributed by atoms with Crippen LogP contribution in [-0.4, -0.2) is 11.1 Å². The minimum atomic E-state index is -1.01. The number of carbonyl (C=O) groups is 1. The van der Waals surface area contributed by atoms with Crippen molar-refractivity contribution in [1.82, 2.24) is 0 Å². The van der Waals surface area contributed by atoms with Crippen molar-refractivity contribution < 1.29 is 9.90 Å². The van der Waals surface area contributed by atoms with Crippen LogP contribution in [-0.2, 0) is 4.79 Å². The Kier molecular flexibility index (Phi) is 4.28. The number of hydrogen-bond donors (Lipinski definition) is 1. The van der Waals surface area contributed by atoms with Gasteiger partial charge in [0.1, 0.15) is 5.92 Å². The molecule has 1 atom stereocenters. The van der Waals surface area contributed by atoms with Crippen LogP contribution in [0.1, 0.15) is 26.7 Å². The SMILES string of the molecule is CC(C)CCC(C#N)C(=O)O. The molecule has 0 aromatic carbocycles. The molecule has 11 heavy (non-hydrogen) atoms. The van der Waals surface area contributed by atoms with Crippen molar-refractivity contribution >= 4 is 5.97 Å². The van der Waals surface area contributed by atoms with Crippen molar-refractivity contribution in [2.75, 3.05) is 0 Å². The Hall–Kier alpha value is -1.04. The van der Waals surface area contributed by atoms with Crippen molar-refractivity contribution in [2.45, 2.75) is 26.7 Å². The first-order valence-corrected chi connectivity index (χ1v) is 3.70. The molecule has 1 N–H and O–H groups in total. The van der Waals surface area contributed by atoms with Gasteiger partial charge in [0.15, 0.2) is 0 Å². The van der Waals surface area contributed by atoms with Gasteiger partial charge in [-0.25, -0.2) is 0 Å². The van der Waals surface area contributed by atoms with E-state index in [1.54, 1.807) is 6.07 Å². The highest BCUT2D eigenvalue weighted by Gasteiger charge is 2.15. The second-order valence-corrected chi connectivity index (χ2v) is 2.99. The molecule has 0 aliphatic rings. The van der Waals surface area contributed by atoms with Gasteiger partial charge in [-0.2, -0.15) is 5.26 Å². The third-order valence-electron chi connectivity index (χ3n) is 1.49. The predicted octanol–water partition coefficient (Wildman–Crippen LogP) is 1.65. The fourth-order valence-corrected chi connectivity index (χ4v) is 0.743. The lowest BCUT2D eigenvalue weighted by Crippen LogP contribution is -2.11. The molecule has 1 unspecified atom stereocenters. The van der Waals surface area contributed by atoms with E-state index in [1.165, 1.54) is 0 Å². The van der Waals surface area contributed by atoms with Crippen LogP contribution >= 0.6 is 0 Å². The highest BCUT2D eigenvalue weighted by molar-refractivity contribution is 5.72. The predicted molar refractivity (Wildman–Crippen MR) is 40.8 cm³/mol. The van der Waals surface area contributed by atoms with Gasteiger partial charge < -0.3 is 5.11 Å². The summed E-state index contributed by atoms with van der Waals surface area (Å²) in [7, 11) is 0. The maximum atomic E-state index is 10.3. The van der Waals surface area contributed by atoms with E-state index in [0.29, 0.717) is 12.3 Å². The maximum absolute atomic E-state index is 10.3. The Bertz CT molecular complexity index is 169. The first-order valence-electron chi connectivity index (χ1n) is 3.70. The molecule has 0 aromatic rings. The maximum Gasteiger partial charge on any atom is 0.320 e. The lowest BCUT2D eigenvalue weighted by molar-refractivity contribution is -0.140. The van der Waals surface area contributed by atoms with Crippen LogP contribution in [0.15, 0.2) is 0 Å². The average molecular weight is 155 g/mol. The summed E-state index contributed by atoms with van der Waals surface area (Å²) in [5, 5.41) is 16.8. The Balaban J connectivity index is 3.73. The van der Waals surface area contributed by atoms with Crippen LogP contribution < -0.4 is 0 Å². The number of rotatable bonds is 4. The minimum absolute atomic E-state index is 0.462. The number of aliphatic carboxylic acids is 1. The minimum Gasteiger partial charge on any atom is -0.480 e. The number of carboxylic acids is 1. The Morgan fingerprint density at radius 3 is 2.36 bits per heavy atom. The fourth-order valence-electron chi connectivity index (χ4n) is 0.743. The molecule has 0 fully saturated rings. The van der Waals surface area contributed by atoms with E-state index in [9.17, 15) is 4.79 Å². The summed E-state index contributed by atoms with van der Waals surface area (Å²) in [6.45, 7) is 4.02. The Labute approximate surface area is 66.6 Å². The van der Waals surface area contributed by atoms with Gasteiger partial charge in [0.2, 0.25) is 0 Å². The largest absolute Gasteiger partial charge is 0.480 e. The lowest BCUT2D eigenvalue weighted by Gasteiger charge is -2.05. The number of nitriles is 1. The van der Waals surface area contributed by atoms with Gasteiger partial charge in [0.05, 0.1) is 6.07 Å². The molecule has 62 valence electrons. The average Bonchev–Trinajstić information content (AvgIpc) is 1.87. The first kappa shape index (κ1) is 9.96. The summed E-state index contributed by atoms with van der Waals surface area (Å²) >= 11 is 0. The zero-order valence-electron chi connectivity index (χ0n) is 6.87. The molecular weight excluding hydrogens is 142 g/mol. The lowest BCUT2D eigenvalue weighted by atomic mass is 9.99. The Morgan fingerprint density at radius 1 is 1.55 bits per heavy atom. The van der Waals surface area contributed by atoms with E-state index in [4.69, 9.17) is 10.4 Å². The summed E-state index contributed by atoms with van der Waals surface area (Å²) in [5.74, 6) is -1.37. The van der Waals surface area contributed by atoms with Gasteiger partial charge >= 0.3 is 5.97 Å². The first-order chi connectivity index (χ1) is 5.07. The van der Waals surface area contributed by atoms with Gasteiger partial charge in [-0.05, 0) is 18.8 Å². The molecule has 3 nitrogen and oxygen atoms in total. The molecule has 0 radical (unpaired) electrons. The topological polar surface area (TPSA) is 61.1 Å². The Morgan fingerprint density at radius 2 is 2.09 bits per heavy atom. The summed E-state index contributed by atoms with van der Waals surface area (Å²) in [4.78, 5) is 10.3. The third kappa shape index (κ3) is 4.38. The molecule has 0 amide bonds. The molecule has 0 saturated heterocycles. The van der Waals surface area contributed by atoms with Crippen LogP contribution in [0.25, 0.3) is 0 Å². The zero-order valence-corrected chi connectivity index (χ0v) is 6.87. The summed E-state index contributed by atoms with van der Waals surface area (Å²) < 4.78 is 0. The van der Waals surface area contributed by atoms with Crippen LogP contribution in [0, 0.1) is 23.2 Å². The molecule has 3 heteroatoms. The van der Waals surface area contributed by atoms with E-state index < -0.39 is 11.9 Å². The van der Waals surface area contributed by atoms with Crippen LogP contribution in [0.4, 0.5) is 0 Å². The van der Waals surface area contributed by atoms with E-state index in [0.717, 1.165) is 6.42 Å². The second kappa shape index (κ2) is 4.73. The summed E-state index contributed by atoms with van der Waals surface area (Å²) in [6.07, 6.45) is 1.26. The van der Waals surface area contributed by atoms with Gasteiger partial charge in [0, 0.05) is 0 Å². The van der Waals surface area contributed by atoms with Crippen LogP contribution in [0.3, 0.4) is 0 Å². The summed E-state index contributed by atoms with van der Waals surface area (Å²) in [5.41, 5.74) is 0. The quantitative estimate of drug-likeness (QED) is 0.671. The molecule has 0 heterocycles. The monoisotopic (exact) mass is 155 g/mol. The molecule has 0 aromatic heterocycles. The van der Waals surface area contributed by atoms with Gasteiger partial charge in [-0.15, -0.1) is 0 Å². The molecule has 0 bridgehead atoms. The highest BCUT2D eigenvalue weighted by Crippen LogP contribution is 2.11. The van der Waals surface area contributed by atoms with Crippen molar-refractivity contribution in [3.8, 4) is 6.07 Å². The van der Waals surface area contributed by atoms with Crippen LogP contribution in [0.5, 0.6) is 0 Å². The van der Waals surface area contributed by atoms with Crippen molar-refractivity contribution in [2.24, 2.45) is 11.8 Å². The van der Waals surface area contributed by atoms with Crippen molar-refractivity contribution in [3.05, 3.63) is 0 Å². The molecule has 0 saturated carbocycles. The van der Waals surface area contributed by atoms with E-state index in [1.807, 2.05) is 13.8 Å². The molecule has 0 aliphatic carbocycles. The number of hydrogen-bond acceptors (Lipinski definition) is 2. The molecule has 0 aliphatic heterocycles. The molecule has 0 rings (SSSR count). The summed E-state index contributed by atoms with van der Waals surface area (Å²) in [6, 6.07) is 1.76. The van der Waals surface area contributed by atoms with Gasteiger partial charge in [0.25, 0.3) is 0 Å². The highest BCUT2D eigenvalue weighted by atomic mass is 16.4. The van der Waals surface area contributed by atoms with Crippen molar-refractivity contribution in [1.29, 1.82) is 5.26 Å². The normalized spacial score (nSPS) is 12.5. The molecular formula is C8H13NO2. The van der Waals surface area contributed by atoms with E-state index in [2.05, 4.69) is 0 Å². The smallest absolute Gasteiger partial charge is 0.320 e. The standard InChI is InChI=1S/C8H13NO2/c1-6(2)3-4-7(5-9)8(10)11/h6-7H,3-4H2,1-2H3,(H,10,11).